The van der Waals surface area contributed by atoms with Crippen molar-refractivity contribution >= 4 is 11.4 Å². The number of benzene rings is 1. The SMILES string of the molecule is CC(C)Oc1cc(N2CCCCC2)ccc1N.CN(C)N. The van der Waals surface area contributed by atoms with E-state index in [4.69, 9.17) is 16.3 Å². The van der Waals surface area contributed by atoms with Gasteiger partial charge in [0, 0.05) is 38.9 Å². The second kappa shape index (κ2) is 8.74. The molecule has 0 bridgehead atoms. The average molecular weight is 294 g/mol. The Hall–Kier alpha value is -1.46. The molecule has 1 aromatic rings. The summed E-state index contributed by atoms with van der Waals surface area (Å²) in [5.41, 5.74) is 7.88. The fourth-order valence-electron chi connectivity index (χ4n) is 2.23. The minimum atomic E-state index is 0.161. The first-order valence-corrected chi connectivity index (χ1v) is 7.63. The van der Waals surface area contributed by atoms with Gasteiger partial charge in [-0.25, -0.2) is 0 Å². The van der Waals surface area contributed by atoms with E-state index in [0.29, 0.717) is 0 Å². The van der Waals surface area contributed by atoms with Gasteiger partial charge in [0.2, 0.25) is 0 Å². The third-order valence-corrected chi connectivity index (χ3v) is 3.08. The van der Waals surface area contributed by atoms with Crippen LogP contribution in [0.1, 0.15) is 33.1 Å². The van der Waals surface area contributed by atoms with Gasteiger partial charge < -0.3 is 15.4 Å². The van der Waals surface area contributed by atoms with Gasteiger partial charge in [0.15, 0.2) is 0 Å². The van der Waals surface area contributed by atoms with Crippen molar-refractivity contribution in [1.82, 2.24) is 5.01 Å². The van der Waals surface area contributed by atoms with Gasteiger partial charge in [-0.1, -0.05) is 0 Å². The summed E-state index contributed by atoms with van der Waals surface area (Å²) in [7, 11) is 3.56. The molecule has 0 amide bonds. The first-order valence-electron chi connectivity index (χ1n) is 7.63. The molecular weight excluding hydrogens is 264 g/mol. The third kappa shape index (κ3) is 6.69. The van der Waals surface area contributed by atoms with Gasteiger partial charge in [-0.15, -0.1) is 0 Å². The fourth-order valence-corrected chi connectivity index (χ4v) is 2.23. The summed E-state index contributed by atoms with van der Waals surface area (Å²) in [4.78, 5) is 2.41. The molecule has 120 valence electrons. The summed E-state index contributed by atoms with van der Waals surface area (Å²) in [6.45, 7) is 6.33. The Morgan fingerprint density at radius 3 is 2.24 bits per heavy atom. The van der Waals surface area contributed by atoms with Gasteiger partial charge in [-0.3, -0.25) is 10.9 Å². The van der Waals surface area contributed by atoms with E-state index >= 15 is 0 Å². The second-order valence-corrected chi connectivity index (χ2v) is 5.90. The number of hydrogen-bond acceptors (Lipinski definition) is 5. The zero-order valence-electron chi connectivity index (χ0n) is 13.8. The molecule has 21 heavy (non-hydrogen) atoms. The van der Waals surface area contributed by atoms with Crippen LogP contribution in [0.5, 0.6) is 5.75 Å². The molecular formula is C16H30N4O. The lowest BCUT2D eigenvalue weighted by atomic mass is 10.1. The molecule has 4 N–H and O–H groups in total. The van der Waals surface area contributed by atoms with E-state index in [9.17, 15) is 0 Å². The molecule has 1 saturated heterocycles. The van der Waals surface area contributed by atoms with E-state index in [-0.39, 0.29) is 6.10 Å². The fraction of sp³-hybridized carbons (Fsp3) is 0.625. The second-order valence-electron chi connectivity index (χ2n) is 5.90. The molecule has 0 aliphatic carbocycles. The lowest BCUT2D eigenvalue weighted by Crippen LogP contribution is -2.29. The molecule has 5 heteroatoms. The number of hydrazine groups is 1. The van der Waals surface area contributed by atoms with E-state index in [1.807, 2.05) is 19.9 Å². The van der Waals surface area contributed by atoms with Crippen molar-refractivity contribution in [3.63, 3.8) is 0 Å². The molecule has 0 aromatic heterocycles. The number of ether oxygens (including phenoxy) is 1. The average Bonchev–Trinajstić information content (AvgIpc) is 2.41. The van der Waals surface area contributed by atoms with E-state index in [1.165, 1.54) is 30.0 Å². The quantitative estimate of drug-likeness (QED) is 0.509. The predicted octanol–water partition coefficient (Wildman–Crippen LogP) is 2.47. The Bertz CT molecular complexity index is 412. The molecule has 1 aromatic carbocycles. The Labute approximate surface area is 128 Å². The van der Waals surface area contributed by atoms with Crippen LogP contribution in [0.25, 0.3) is 0 Å². The standard InChI is InChI=1S/C14H22N2O.C2H8N2/c1-11(2)17-14-10-12(6-7-13(14)15)16-8-4-3-5-9-16;1-4(2)3/h6-7,10-11H,3-5,8-9,15H2,1-2H3;3H2,1-2H3. The van der Waals surface area contributed by atoms with E-state index < -0.39 is 0 Å². The molecule has 0 spiro atoms. The van der Waals surface area contributed by atoms with Crippen molar-refractivity contribution < 1.29 is 4.74 Å². The molecule has 1 aliphatic heterocycles. The summed E-state index contributed by atoms with van der Waals surface area (Å²) < 4.78 is 5.72. The van der Waals surface area contributed by atoms with Crippen molar-refractivity contribution in [3.05, 3.63) is 18.2 Å². The van der Waals surface area contributed by atoms with Crippen LogP contribution < -0.4 is 21.2 Å². The van der Waals surface area contributed by atoms with Gasteiger partial charge in [0.1, 0.15) is 5.75 Å². The molecule has 0 atom stereocenters. The van der Waals surface area contributed by atoms with Crippen LogP contribution >= 0.6 is 0 Å². The maximum atomic E-state index is 5.92. The van der Waals surface area contributed by atoms with Crippen LogP contribution in [-0.4, -0.2) is 38.3 Å². The number of hydrogen-bond donors (Lipinski definition) is 2. The van der Waals surface area contributed by atoms with Crippen LogP contribution in [0.3, 0.4) is 0 Å². The first-order chi connectivity index (χ1) is 9.90. The van der Waals surface area contributed by atoms with Gasteiger partial charge in [-0.05, 0) is 45.2 Å². The van der Waals surface area contributed by atoms with Gasteiger partial charge >= 0.3 is 0 Å². The number of nitrogens with two attached hydrogens (primary N) is 2. The van der Waals surface area contributed by atoms with Gasteiger partial charge in [0.25, 0.3) is 0 Å². The zero-order chi connectivity index (χ0) is 15.8. The highest BCUT2D eigenvalue weighted by molar-refractivity contribution is 5.62. The maximum absolute atomic E-state index is 5.92. The van der Waals surface area contributed by atoms with E-state index in [1.54, 1.807) is 14.1 Å². The molecule has 1 heterocycles. The Morgan fingerprint density at radius 1 is 1.14 bits per heavy atom. The van der Waals surface area contributed by atoms with Crippen molar-refractivity contribution in [2.24, 2.45) is 5.84 Å². The highest BCUT2D eigenvalue weighted by Crippen LogP contribution is 2.29. The number of piperidine rings is 1. The summed E-state index contributed by atoms with van der Waals surface area (Å²) in [5.74, 6) is 5.75. The number of rotatable bonds is 3. The van der Waals surface area contributed by atoms with Gasteiger partial charge in [-0.2, -0.15) is 0 Å². The molecule has 0 radical (unpaired) electrons. The van der Waals surface area contributed by atoms with Crippen LogP contribution in [0, 0.1) is 0 Å². The summed E-state index contributed by atoms with van der Waals surface area (Å²) in [6.07, 6.45) is 4.07. The summed E-state index contributed by atoms with van der Waals surface area (Å²) in [6, 6.07) is 6.11. The monoisotopic (exact) mass is 294 g/mol. The number of nitrogen functional groups attached to an aromatic ring is 1. The molecule has 5 nitrogen and oxygen atoms in total. The summed E-state index contributed by atoms with van der Waals surface area (Å²) >= 11 is 0. The van der Waals surface area contributed by atoms with Crippen LogP contribution in [0.15, 0.2) is 18.2 Å². The van der Waals surface area contributed by atoms with E-state index in [2.05, 4.69) is 17.0 Å². The van der Waals surface area contributed by atoms with Crippen molar-refractivity contribution in [3.8, 4) is 5.75 Å². The van der Waals surface area contributed by atoms with Crippen LogP contribution in [0.2, 0.25) is 0 Å². The Balaban J connectivity index is 0.000000491. The van der Waals surface area contributed by atoms with Crippen molar-refractivity contribution in [2.75, 3.05) is 37.8 Å². The van der Waals surface area contributed by atoms with E-state index in [0.717, 1.165) is 24.5 Å². The minimum absolute atomic E-state index is 0.161. The first kappa shape index (κ1) is 17.6. The number of nitrogens with zero attached hydrogens (tertiary/aromatic N) is 2. The van der Waals surface area contributed by atoms with Crippen molar-refractivity contribution in [1.29, 1.82) is 0 Å². The molecule has 0 saturated carbocycles. The third-order valence-electron chi connectivity index (χ3n) is 3.08. The lowest BCUT2D eigenvalue weighted by Gasteiger charge is -2.29. The highest BCUT2D eigenvalue weighted by Gasteiger charge is 2.13. The molecule has 1 fully saturated rings. The topological polar surface area (TPSA) is 67.8 Å². The number of anilines is 2. The Morgan fingerprint density at radius 2 is 1.71 bits per heavy atom. The lowest BCUT2D eigenvalue weighted by molar-refractivity contribution is 0.244. The smallest absolute Gasteiger partial charge is 0.144 e. The maximum Gasteiger partial charge on any atom is 0.144 e. The normalized spacial score (nSPS) is 14.9. The largest absolute Gasteiger partial charge is 0.489 e. The highest BCUT2D eigenvalue weighted by atomic mass is 16.5. The Kier molecular flexibility index (Phi) is 7.32. The molecule has 2 rings (SSSR count). The zero-order valence-corrected chi connectivity index (χ0v) is 13.8. The molecule has 1 aliphatic rings. The van der Waals surface area contributed by atoms with Gasteiger partial charge in [0.05, 0.1) is 11.8 Å². The van der Waals surface area contributed by atoms with Crippen molar-refractivity contribution in [2.45, 2.75) is 39.2 Å². The van der Waals surface area contributed by atoms with Crippen LogP contribution in [-0.2, 0) is 0 Å². The summed E-state index contributed by atoms with van der Waals surface area (Å²) in [5, 5.41) is 1.50. The predicted molar refractivity (Wildman–Crippen MR) is 90.6 cm³/mol. The molecule has 0 unspecified atom stereocenters. The minimum Gasteiger partial charge on any atom is -0.489 e. The van der Waals surface area contributed by atoms with Crippen LogP contribution in [0.4, 0.5) is 11.4 Å².